The van der Waals surface area contributed by atoms with Gasteiger partial charge in [0.25, 0.3) is 0 Å². The van der Waals surface area contributed by atoms with E-state index in [4.69, 9.17) is 11.6 Å². The lowest BCUT2D eigenvalue weighted by atomic mass is 9.96. The van der Waals surface area contributed by atoms with E-state index in [1.54, 1.807) is 12.1 Å². The van der Waals surface area contributed by atoms with E-state index in [9.17, 15) is 17.2 Å². The number of hydrogen-bond donors (Lipinski definition) is 0. The molecule has 1 aliphatic heterocycles. The van der Waals surface area contributed by atoms with Gasteiger partial charge in [0, 0.05) is 26.2 Å². The molecule has 4 rings (SSSR count). The van der Waals surface area contributed by atoms with Gasteiger partial charge >= 0.3 is 0 Å². The first-order valence-corrected chi connectivity index (χ1v) is 11.7. The summed E-state index contributed by atoms with van der Waals surface area (Å²) in [5.74, 6) is -1.24. The van der Waals surface area contributed by atoms with Crippen LogP contribution in [0.1, 0.15) is 17.2 Å². The second-order valence-corrected chi connectivity index (χ2v) is 9.67. The lowest BCUT2D eigenvalue weighted by Gasteiger charge is -2.39. The van der Waals surface area contributed by atoms with Gasteiger partial charge in [0.05, 0.1) is 11.1 Å². The minimum Gasteiger partial charge on any atom is -0.290 e. The minimum atomic E-state index is -4.00. The third-order valence-corrected chi connectivity index (χ3v) is 7.68. The molecule has 8 heteroatoms. The van der Waals surface area contributed by atoms with E-state index in [1.165, 1.54) is 34.6 Å². The summed E-state index contributed by atoms with van der Waals surface area (Å²) in [7, 11) is -4.00. The zero-order valence-electron chi connectivity index (χ0n) is 16.6. The average molecular weight is 463 g/mol. The van der Waals surface area contributed by atoms with E-state index >= 15 is 0 Å². The molecule has 0 amide bonds. The van der Waals surface area contributed by atoms with Crippen LogP contribution in [-0.2, 0) is 10.0 Å². The van der Waals surface area contributed by atoms with E-state index in [2.05, 4.69) is 4.90 Å². The number of halogens is 3. The lowest BCUT2D eigenvalue weighted by molar-refractivity contribution is 0.155. The summed E-state index contributed by atoms with van der Waals surface area (Å²) < 4.78 is 55.1. The Morgan fingerprint density at radius 1 is 0.774 bits per heavy atom. The molecule has 0 N–H and O–H groups in total. The van der Waals surface area contributed by atoms with Crippen molar-refractivity contribution in [3.05, 3.63) is 101 Å². The minimum absolute atomic E-state index is 0.144. The van der Waals surface area contributed by atoms with Crippen molar-refractivity contribution in [3.63, 3.8) is 0 Å². The third-order valence-electron chi connectivity index (χ3n) is 5.47. The molecular weight excluding hydrogens is 442 g/mol. The summed E-state index contributed by atoms with van der Waals surface area (Å²) in [6.07, 6.45) is 0. The number of rotatable bonds is 5. The Bertz CT molecular complexity index is 1150. The molecule has 162 valence electrons. The molecule has 1 heterocycles. The van der Waals surface area contributed by atoms with Crippen molar-refractivity contribution in [1.82, 2.24) is 9.21 Å². The van der Waals surface area contributed by atoms with E-state index in [1.807, 2.05) is 30.3 Å². The van der Waals surface area contributed by atoms with Gasteiger partial charge in [0.1, 0.15) is 10.7 Å². The van der Waals surface area contributed by atoms with Gasteiger partial charge < -0.3 is 0 Å². The Kier molecular flexibility index (Phi) is 6.39. The van der Waals surface area contributed by atoms with Crippen LogP contribution in [0.4, 0.5) is 8.78 Å². The van der Waals surface area contributed by atoms with E-state index in [0.29, 0.717) is 13.1 Å². The maximum atomic E-state index is 14.4. The molecule has 31 heavy (non-hydrogen) atoms. The Morgan fingerprint density at radius 3 is 2.03 bits per heavy atom. The summed E-state index contributed by atoms with van der Waals surface area (Å²) in [4.78, 5) is 1.75. The Labute approximate surface area is 185 Å². The van der Waals surface area contributed by atoms with Crippen molar-refractivity contribution in [3.8, 4) is 0 Å². The molecule has 1 atom stereocenters. The highest BCUT2D eigenvalue weighted by Gasteiger charge is 2.34. The molecule has 1 saturated heterocycles. The second kappa shape index (κ2) is 9.04. The van der Waals surface area contributed by atoms with Crippen molar-refractivity contribution in [2.45, 2.75) is 10.9 Å². The van der Waals surface area contributed by atoms with Crippen LogP contribution < -0.4 is 0 Å². The number of sulfonamides is 1. The van der Waals surface area contributed by atoms with Crippen LogP contribution in [0.5, 0.6) is 0 Å². The van der Waals surface area contributed by atoms with E-state index in [0.717, 1.165) is 11.1 Å². The summed E-state index contributed by atoms with van der Waals surface area (Å²) in [5.41, 5.74) is 1.95. The molecular formula is C23H21ClF2N2O2S. The molecule has 3 aromatic carbocycles. The molecule has 0 spiro atoms. The van der Waals surface area contributed by atoms with Gasteiger partial charge in [-0.1, -0.05) is 60.1 Å². The summed E-state index contributed by atoms with van der Waals surface area (Å²) in [5, 5.41) is -0.222. The Balaban J connectivity index is 1.58. The molecule has 0 unspecified atom stereocenters. The smallest absolute Gasteiger partial charge is 0.246 e. The molecule has 1 aliphatic rings. The van der Waals surface area contributed by atoms with Crippen LogP contribution >= 0.6 is 11.6 Å². The lowest BCUT2D eigenvalue weighted by Crippen LogP contribution is -2.49. The second-order valence-electron chi connectivity index (χ2n) is 7.36. The first-order chi connectivity index (χ1) is 14.9. The fourth-order valence-electron chi connectivity index (χ4n) is 3.92. The predicted octanol–water partition coefficient (Wildman–Crippen LogP) is 4.71. The van der Waals surface area contributed by atoms with Crippen LogP contribution in [0.15, 0.2) is 77.7 Å². The predicted molar refractivity (Wildman–Crippen MR) is 116 cm³/mol. The van der Waals surface area contributed by atoms with Gasteiger partial charge in [-0.25, -0.2) is 17.2 Å². The number of nitrogens with zero attached hydrogens (tertiary/aromatic N) is 2. The number of piperazine rings is 1. The summed E-state index contributed by atoms with van der Waals surface area (Å²) in [6, 6.07) is 20.0. The molecule has 0 aromatic heterocycles. The van der Waals surface area contributed by atoms with Crippen LogP contribution in [0, 0.1) is 11.6 Å². The fourth-order valence-corrected chi connectivity index (χ4v) is 5.66. The number of hydrogen-bond acceptors (Lipinski definition) is 3. The largest absolute Gasteiger partial charge is 0.290 e. The van der Waals surface area contributed by atoms with Crippen molar-refractivity contribution >= 4 is 21.6 Å². The molecule has 0 saturated carbocycles. The Morgan fingerprint density at radius 2 is 1.39 bits per heavy atom. The van der Waals surface area contributed by atoms with Gasteiger partial charge in [-0.3, -0.25) is 4.90 Å². The molecule has 0 radical (unpaired) electrons. The summed E-state index contributed by atoms with van der Waals surface area (Å²) >= 11 is 5.78. The molecule has 3 aromatic rings. The maximum Gasteiger partial charge on any atom is 0.246 e. The topological polar surface area (TPSA) is 40.6 Å². The van der Waals surface area contributed by atoms with Crippen LogP contribution in [0.3, 0.4) is 0 Å². The fraction of sp³-hybridized carbons (Fsp3) is 0.217. The Hall–Kier alpha value is -2.32. The molecule has 4 nitrogen and oxygen atoms in total. The zero-order chi connectivity index (χ0) is 22.0. The standard InChI is InChI=1S/C23H21ClF2N2O2S/c24-20-7-4-8-21(22(20)26)31(29,30)28-15-13-27(14-16-28)23(17-5-2-1-3-6-17)18-9-11-19(25)12-10-18/h1-12,23H,13-16H2/t23-/m0/s1. The average Bonchev–Trinajstić information content (AvgIpc) is 2.78. The number of benzene rings is 3. The zero-order valence-corrected chi connectivity index (χ0v) is 18.2. The van der Waals surface area contributed by atoms with Gasteiger partial charge in [0.2, 0.25) is 10.0 Å². The van der Waals surface area contributed by atoms with Crippen molar-refractivity contribution in [2.24, 2.45) is 0 Å². The molecule has 0 aliphatic carbocycles. The maximum absolute atomic E-state index is 14.4. The van der Waals surface area contributed by atoms with Gasteiger partial charge in [-0.15, -0.1) is 0 Å². The monoisotopic (exact) mass is 462 g/mol. The SMILES string of the molecule is O=S(=O)(c1cccc(Cl)c1F)N1CCN([C@@H](c2ccccc2)c2ccc(F)cc2)CC1. The third kappa shape index (κ3) is 4.50. The quantitative estimate of drug-likeness (QED) is 0.551. The van der Waals surface area contributed by atoms with Gasteiger partial charge in [-0.2, -0.15) is 4.31 Å². The van der Waals surface area contributed by atoms with E-state index in [-0.39, 0.29) is 30.0 Å². The highest BCUT2D eigenvalue weighted by molar-refractivity contribution is 7.89. The van der Waals surface area contributed by atoms with Gasteiger partial charge in [-0.05, 0) is 35.4 Å². The summed E-state index contributed by atoms with van der Waals surface area (Å²) in [6.45, 7) is 1.30. The van der Waals surface area contributed by atoms with Crippen LogP contribution in [0.2, 0.25) is 5.02 Å². The first kappa shape index (κ1) is 21.9. The van der Waals surface area contributed by atoms with Crippen LogP contribution in [0.25, 0.3) is 0 Å². The van der Waals surface area contributed by atoms with E-state index < -0.39 is 20.7 Å². The van der Waals surface area contributed by atoms with Gasteiger partial charge in [0.15, 0.2) is 5.82 Å². The van der Waals surface area contributed by atoms with Crippen molar-refractivity contribution in [1.29, 1.82) is 0 Å². The first-order valence-electron chi connectivity index (χ1n) is 9.86. The van der Waals surface area contributed by atoms with Crippen molar-refractivity contribution < 1.29 is 17.2 Å². The normalized spacial score (nSPS) is 16.9. The molecule has 1 fully saturated rings. The van der Waals surface area contributed by atoms with Crippen LogP contribution in [-0.4, -0.2) is 43.8 Å². The highest BCUT2D eigenvalue weighted by Crippen LogP contribution is 2.31. The van der Waals surface area contributed by atoms with Crippen molar-refractivity contribution in [2.75, 3.05) is 26.2 Å². The highest BCUT2D eigenvalue weighted by atomic mass is 35.5. The molecule has 0 bridgehead atoms.